The van der Waals surface area contributed by atoms with Crippen molar-refractivity contribution in [1.29, 1.82) is 0 Å². The van der Waals surface area contributed by atoms with Gasteiger partial charge in [0.2, 0.25) is 5.78 Å². The number of halogens is 1. The molecule has 1 aliphatic carbocycles. The Balaban J connectivity index is 1.73. The first-order chi connectivity index (χ1) is 11.4. The number of aryl methyl sites for hydroxylation is 1. The molecule has 0 bridgehead atoms. The van der Waals surface area contributed by atoms with Gasteiger partial charge in [-0.3, -0.25) is 4.79 Å². The Bertz CT molecular complexity index is 788. The van der Waals surface area contributed by atoms with Gasteiger partial charge in [-0.2, -0.15) is 0 Å². The molecule has 1 aromatic carbocycles. The van der Waals surface area contributed by atoms with Crippen molar-refractivity contribution in [3.05, 3.63) is 57.9 Å². The SMILES string of the molecule is Cc1cc(C(=O)O[C@@H](C)C(=O)c2ccc(Cl)cc2)c(C)n1C1CC1. The van der Waals surface area contributed by atoms with E-state index < -0.39 is 12.1 Å². The van der Waals surface area contributed by atoms with Crippen LogP contribution in [0.2, 0.25) is 5.02 Å². The molecule has 1 aromatic heterocycles. The van der Waals surface area contributed by atoms with Crippen LogP contribution in [0.15, 0.2) is 30.3 Å². The molecule has 3 rings (SSSR count). The van der Waals surface area contributed by atoms with Crippen molar-refractivity contribution in [2.75, 3.05) is 0 Å². The van der Waals surface area contributed by atoms with Crippen molar-refractivity contribution in [3.63, 3.8) is 0 Å². The highest BCUT2D eigenvalue weighted by molar-refractivity contribution is 6.30. The third-order valence-corrected chi connectivity index (χ3v) is 4.65. The van der Waals surface area contributed by atoms with Gasteiger partial charge in [0.05, 0.1) is 5.56 Å². The number of Topliss-reactive ketones (excluding diaryl/α,β-unsaturated/α-hetero) is 1. The molecule has 1 saturated carbocycles. The number of carbonyl (C=O) groups is 2. The maximum atomic E-state index is 12.5. The Morgan fingerprint density at radius 3 is 2.42 bits per heavy atom. The molecule has 126 valence electrons. The average molecular weight is 346 g/mol. The van der Waals surface area contributed by atoms with Gasteiger partial charge < -0.3 is 9.30 Å². The highest BCUT2D eigenvalue weighted by Crippen LogP contribution is 2.38. The summed E-state index contributed by atoms with van der Waals surface area (Å²) in [6.45, 7) is 5.51. The Kier molecular flexibility index (Phi) is 4.50. The van der Waals surface area contributed by atoms with Crippen molar-refractivity contribution >= 4 is 23.4 Å². The van der Waals surface area contributed by atoms with Crippen molar-refractivity contribution in [2.24, 2.45) is 0 Å². The first-order valence-corrected chi connectivity index (χ1v) is 8.45. The highest BCUT2D eigenvalue weighted by atomic mass is 35.5. The summed E-state index contributed by atoms with van der Waals surface area (Å²) >= 11 is 5.83. The molecule has 1 fully saturated rings. The van der Waals surface area contributed by atoms with Crippen LogP contribution in [0.4, 0.5) is 0 Å². The summed E-state index contributed by atoms with van der Waals surface area (Å²) in [4.78, 5) is 24.8. The molecule has 0 amide bonds. The minimum Gasteiger partial charge on any atom is -0.451 e. The van der Waals surface area contributed by atoms with Gasteiger partial charge in [-0.1, -0.05) is 11.6 Å². The second kappa shape index (κ2) is 6.44. The normalized spacial score (nSPS) is 15.2. The molecule has 5 heteroatoms. The predicted octanol–water partition coefficient (Wildman–Crippen LogP) is 4.52. The van der Waals surface area contributed by atoms with Crippen LogP contribution in [0.3, 0.4) is 0 Å². The lowest BCUT2D eigenvalue weighted by molar-refractivity contribution is 0.0318. The monoisotopic (exact) mass is 345 g/mol. The number of hydrogen-bond acceptors (Lipinski definition) is 3. The van der Waals surface area contributed by atoms with Crippen molar-refractivity contribution in [1.82, 2.24) is 4.57 Å². The van der Waals surface area contributed by atoms with E-state index in [1.807, 2.05) is 19.9 Å². The van der Waals surface area contributed by atoms with Crippen LogP contribution in [0.5, 0.6) is 0 Å². The molecule has 0 radical (unpaired) electrons. The van der Waals surface area contributed by atoms with Gasteiger partial charge in [0, 0.05) is 28.0 Å². The predicted molar refractivity (Wildman–Crippen MR) is 92.8 cm³/mol. The number of carbonyl (C=O) groups excluding carboxylic acids is 2. The molecule has 0 aliphatic heterocycles. The zero-order valence-electron chi connectivity index (χ0n) is 14.0. The van der Waals surface area contributed by atoms with Crippen LogP contribution in [-0.2, 0) is 4.74 Å². The number of rotatable bonds is 5. The number of hydrogen-bond donors (Lipinski definition) is 0. The van der Waals surface area contributed by atoms with Crippen molar-refractivity contribution < 1.29 is 14.3 Å². The number of esters is 1. The van der Waals surface area contributed by atoms with Gasteiger partial charge in [-0.05, 0) is 63.9 Å². The molecular weight excluding hydrogens is 326 g/mol. The van der Waals surface area contributed by atoms with E-state index in [1.165, 1.54) is 0 Å². The van der Waals surface area contributed by atoms with Crippen LogP contribution in [0, 0.1) is 13.8 Å². The minimum absolute atomic E-state index is 0.240. The quantitative estimate of drug-likeness (QED) is 0.591. The van der Waals surface area contributed by atoms with E-state index in [2.05, 4.69) is 4.57 Å². The topological polar surface area (TPSA) is 48.3 Å². The molecule has 1 aliphatic rings. The fourth-order valence-corrected chi connectivity index (χ4v) is 3.13. The third-order valence-electron chi connectivity index (χ3n) is 4.40. The average Bonchev–Trinajstić information content (AvgIpc) is 3.32. The van der Waals surface area contributed by atoms with E-state index in [9.17, 15) is 9.59 Å². The lowest BCUT2D eigenvalue weighted by Gasteiger charge is -2.13. The standard InChI is InChI=1S/C19H20ClNO3/c1-11-10-17(12(2)21(11)16-8-9-16)19(23)24-13(3)18(22)14-4-6-15(20)7-5-14/h4-7,10,13,16H,8-9H2,1-3H3/t13-/m0/s1. The highest BCUT2D eigenvalue weighted by Gasteiger charge is 2.29. The summed E-state index contributed by atoms with van der Waals surface area (Å²) in [6, 6.07) is 8.90. The molecule has 4 nitrogen and oxygen atoms in total. The van der Waals surface area contributed by atoms with E-state index in [1.54, 1.807) is 31.2 Å². The van der Waals surface area contributed by atoms with Crippen LogP contribution in [-0.4, -0.2) is 22.4 Å². The Morgan fingerprint density at radius 1 is 1.21 bits per heavy atom. The maximum absolute atomic E-state index is 12.5. The van der Waals surface area contributed by atoms with Gasteiger partial charge in [0.1, 0.15) is 0 Å². The van der Waals surface area contributed by atoms with E-state index in [-0.39, 0.29) is 5.78 Å². The Hall–Kier alpha value is -2.07. The fraction of sp³-hybridized carbons (Fsp3) is 0.368. The molecule has 1 atom stereocenters. The molecule has 2 aromatic rings. The van der Waals surface area contributed by atoms with Gasteiger partial charge in [0.15, 0.2) is 6.10 Å². The summed E-state index contributed by atoms with van der Waals surface area (Å²) in [5.74, 6) is -0.694. The number of aromatic nitrogens is 1. The number of ether oxygens (including phenoxy) is 1. The summed E-state index contributed by atoms with van der Waals surface area (Å²) in [6.07, 6.45) is 1.45. The fourth-order valence-electron chi connectivity index (χ4n) is 3.00. The summed E-state index contributed by atoms with van der Waals surface area (Å²) in [5, 5.41) is 0.559. The van der Waals surface area contributed by atoms with Gasteiger partial charge in [-0.25, -0.2) is 4.79 Å². The molecule has 0 saturated heterocycles. The molecule has 24 heavy (non-hydrogen) atoms. The maximum Gasteiger partial charge on any atom is 0.340 e. The smallest absolute Gasteiger partial charge is 0.340 e. The first kappa shape index (κ1) is 16.8. The number of ketones is 1. The molecule has 1 heterocycles. The van der Waals surface area contributed by atoms with Crippen molar-refractivity contribution in [3.8, 4) is 0 Å². The largest absolute Gasteiger partial charge is 0.451 e. The first-order valence-electron chi connectivity index (χ1n) is 8.07. The van der Waals surface area contributed by atoms with Crippen LogP contribution >= 0.6 is 11.6 Å². The minimum atomic E-state index is -0.845. The van der Waals surface area contributed by atoms with E-state index in [0.29, 0.717) is 22.2 Å². The van der Waals surface area contributed by atoms with Gasteiger partial charge >= 0.3 is 5.97 Å². The zero-order valence-corrected chi connectivity index (χ0v) is 14.8. The van der Waals surface area contributed by atoms with Crippen LogP contribution in [0.25, 0.3) is 0 Å². The van der Waals surface area contributed by atoms with Crippen LogP contribution < -0.4 is 0 Å². The summed E-state index contributed by atoms with van der Waals surface area (Å²) in [7, 11) is 0. The second-order valence-electron chi connectivity index (χ2n) is 6.30. The van der Waals surface area contributed by atoms with Gasteiger partial charge in [0.25, 0.3) is 0 Å². The second-order valence-corrected chi connectivity index (χ2v) is 6.74. The third kappa shape index (κ3) is 3.24. The summed E-state index contributed by atoms with van der Waals surface area (Å²) in [5.41, 5.74) is 2.98. The molecule has 0 unspecified atom stereocenters. The van der Waals surface area contributed by atoms with E-state index >= 15 is 0 Å². The van der Waals surface area contributed by atoms with Crippen LogP contribution in [0.1, 0.15) is 57.9 Å². The summed E-state index contributed by atoms with van der Waals surface area (Å²) < 4.78 is 7.58. The Morgan fingerprint density at radius 2 is 1.83 bits per heavy atom. The molecule has 0 spiro atoms. The van der Waals surface area contributed by atoms with E-state index in [4.69, 9.17) is 16.3 Å². The van der Waals surface area contributed by atoms with E-state index in [0.717, 1.165) is 24.2 Å². The van der Waals surface area contributed by atoms with Crippen molar-refractivity contribution in [2.45, 2.75) is 45.8 Å². The Labute approximate surface area is 146 Å². The molecule has 0 N–H and O–H groups in total. The lowest BCUT2D eigenvalue weighted by Crippen LogP contribution is -2.24. The number of benzene rings is 1. The number of nitrogens with zero attached hydrogens (tertiary/aromatic N) is 1. The van der Waals surface area contributed by atoms with Gasteiger partial charge in [-0.15, -0.1) is 0 Å². The molecular formula is C19H20ClNO3. The zero-order chi connectivity index (χ0) is 17.4. The lowest BCUT2D eigenvalue weighted by atomic mass is 10.1.